The summed E-state index contributed by atoms with van der Waals surface area (Å²) in [6.45, 7) is 0. The van der Waals surface area contributed by atoms with E-state index in [1.54, 1.807) is 0 Å². The Bertz CT molecular complexity index is 580. The van der Waals surface area contributed by atoms with Crippen molar-refractivity contribution in [3.8, 4) is 0 Å². The lowest BCUT2D eigenvalue weighted by Gasteiger charge is -2.42. The number of hydrogen-bond donors (Lipinski definition) is 1. The summed E-state index contributed by atoms with van der Waals surface area (Å²) >= 11 is 0. The van der Waals surface area contributed by atoms with Gasteiger partial charge in [0.25, 0.3) is 5.91 Å². The molecule has 0 aliphatic rings. The first-order valence-electron chi connectivity index (χ1n) is 5.61. The van der Waals surface area contributed by atoms with E-state index < -0.39 is 53.8 Å². The Labute approximate surface area is 136 Å². The van der Waals surface area contributed by atoms with Crippen LogP contribution in [0.5, 0.6) is 0 Å². The Hall–Kier alpha value is -1.65. The second-order valence-corrected chi connectivity index (χ2v) is 4.73. The molecule has 0 bridgehead atoms. The van der Waals surface area contributed by atoms with Crippen LogP contribution in [0.2, 0.25) is 0 Å². The Kier molecular flexibility index (Phi) is 5.80. The van der Waals surface area contributed by atoms with E-state index in [-0.39, 0.29) is 0 Å². The van der Waals surface area contributed by atoms with Gasteiger partial charge in [0.2, 0.25) is 0 Å². The lowest BCUT2D eigenvalue weighted by Crippen LogP contribution is -2.74. The van der Waals surface area contributed by atoms with Gasteiger partial charge in [-0.2, -0.15) is 61.5 Å². The highest BCUT2D eigenvalue weighted by Gasteiger charge is 2.94. The molecule has 0 aromatic heterocycles. The van der Waals surface area contributed by atoms with Gasteiger partial charge in [0.1, 0.15) is 0 Å². The number of rotatable bonds is 8. The topological polar surface area (TPSA) is 43.1 Å². The van der Waals surface area contributed by atoms with Crippen LogP contribution >= 0.6 is 0 Å². The number of carbonyl (C=O) groups excluding carboxylic acids is 1. The molecule has 27 heavy (non-hydrogen) atoms. The molecular weight excluding hydrogens is 442 g/mol. The highest BCUT2D eigenvalue weighted by Crippen LogP contribution is 2.62. The maximum absolute atomic E-state index is 13.0. The molecule has 2 nitrogen and oxygen atoms in total. The Morgan fingerprint density at radius 1 is 0.556 bits per heavy atom. The maximum Gasteiger partial charge on any atom is 0.392 e. The number of hydrogen-bond acceptors (Lipinski definition) is 1. The average molecular weight is 445 g/mol. The number of carbonyl (C=O) groups is 1. The van der Waals surface area contributed by atoms with Crippen molar-refractivity contribution < 1.29 is 75.0 Å². The molecule has 0 rings (SSSR count). The van der Waals surface area contributed by atoms with Crippen molar-refractivity contribution >= 4 is 5.91 Å². The van der Waals surface area contributed by atoms with Gasteiger partial charge in [-0.25, -0.2) is 8.78 Å². The number of halogens is 16. The van der Waals surface area contributed by atoms with Crippen LogP contribution in [0.25, 0.3) is 0 Å². The normalized spacial score (nSPS) is 16.0. The van der Waals surface area contributed by atoms with Crippen LogP contribution in [0.4, 0.5) is 70.2 Å². The second kappa shape index (κ2) is 6.18. The van der Waals surface area contributed by atoms with Gasteiger partial charge in [0, 0.05) is 0 Å². The smallest absolute Gasteiger partial charge is 0.364 e. The first-order chi connectivity index (χ1) is 11.4. The fraction of sp³-hybridized carbons (Fsp3) is 0.889. The summed E-state index contributed by atoms with van der Waals surface area (Å²) in [5.74, 6) is -59.9. The first kappa shape index (κ1) is 25.3. The molecule has 0 aliphatic heterocycles. The molecule has 2 N–H and O–H groups in total. The van der Waals surface area contributed by atoms with Crippen molar-refractivity contribution in [1.82, 2.24) is 0 Å². The van der Waals surface area contributed by atoms with Gasteiger partial charge >= 0.3 is 47.9 Å². The van der Waals surface area contributed by atoms with E-state index in [2.05, 4.69) is 5.73 Å². The van der Waals surface area contributed by atoms with Crippen LogP contribution in [0.15, 0.2) is 0 Å². The van der Waals surface area contributed by atoms with E-state index >= 15 is 0 Å². The molecule has 1 amide bonds. The molecule has 0 spiro atoms. The molecule has 0 saturated carbocycles. The van der Waals surface area contributed by atoms with Gasteiger partial charge in [0.15, 0.2) is 0 Å². The summed E-state index contributed by atoms with van der Waals surface area (Å²) in [5.41, 5.74) is 3.50. The summed E-state index contributed by atoms with van der Waals surface area (Å²) in [6.07, 6.45) is -5.91. The molecule has 0 heterocycles. The fourth-order valence-electron chi connectivity index (χ4n) is 1.29. The summed E-state index contributed by atoms with van der Waals surface area (Å²) in [7, 11) is 0. The van der Waals surface area contributed by atoms with Crippen molar-refractivity contribution in [3.63, 3.8) is 0 Å². The zero-order valence-corrected chi connectivity index (χ0v) is 11.6. The Morgan fingerprint density at radius 3 is 1.07 bits per heavy atom. The largest absolute Gasteiger partial charge is 0.392 e. The Balaban J connectivity index is 6.66. The zero-order valence-electron chi connectivity index (χ0n) is 11.6. The fourth-order valence-corrected chi connectivity index (χ4v) is 1.29. The molecule has 0 unspecified atom stereocenters. The summed E-state index contributed by atoms with van der Waals surface area (Å²) in [4.78, 5) is 10.00. The van der Waals surface area contributed by atoms with E-state index in [1.807, 2.05) is 0 Å². The van der Waals surface area contributed by atoms with Crippen LogP contribution in [0.1, 0.15) is 0 Å². The van der Waals surface area contributed by atoms with E-state index in [0.29, 0.717) is 0 Å². The minimum Gasteiger partial charge on any atom is -0.364 e. The number of primary amides is 1. The quantitative estimate of drug-likeness (QED) is 0.560. The molecule has 0 radical (unpaired) electrons. The summed E-state index contributed by atoms with van der Waals surface area (Å²) in [5, 5.41) is 0. The van der Waals surface area contributed by atoms with Gasteiger partial charge in [-0.15, -0.1) is 0 Å². The van der Waals surface area contributed by atoms with Crippen LogP contribution in [0.3, 0.4) is 0 Å². The average Bonchev–Trinajstić information content (AvgIpc) is 2.45. The molecule has 0 aromatic rings. The van der Waals surface area contributed by atoms with Gasteiger partial charge in [-0.3, -0.25) is 4.79 Å². The SMILES string of the molecule is NC(=O)C(F)(F)C(F)(F)C(F)(F)C(F)(F)C(F)(F)C(F)(F)C(F)(F)C(F)F. The predicted molar refractivity (Wildman–Crippen MR) is 49.8 cm³/mol. The predicted octanol–water partition coefficient (Wildman–Crippen LogP) is 4.18. The molecule has 0 atom stereocenters. The third-order valence-electron chi connectivity index (χ3n) is 2.97. The Morgan fingerprint density at radius 2 is 0.815 bits per heavy atom. The molecule has 0 fully saturated rings. The van der Waals surface area contributed by atoms with Crippen LogP contribution in [-0.2, 0) is 4.79 Å². The number of alkyl halides is 16. The van der Waals surface area contributed by atoms with Gasteiger partial charge in [-0.05, 0) is 0 Å². The lowest BCUT2D eigenvalue weighted by molar-refractivity contribution is -0.443. The second-order valence-electron chi connectivity index (χ2n) is 4.73. The monoisotopic (exact) mass is 445 g/mol. The highest BCUT2D eigenvalue weighted by molar-refractivity contribution is 5.83. The van der Waals surface area contributed by atoms with Crippen molar-refractivity contribution in [2.45, 2.75) is 47.9 Å². The standard InChI is InChI=1S/C9H3F16NO/c10-1(11)3(12,13)5(16,17)7(20,21)9(24,25)8(22,23)6(18,19)4(14,15)2(26)27/h1H,(H2,26,27). The molecular formula is C9H3F16NO. The third-order valence-corrected chi connectivity index (χ3v) is 2.97. The minimum atomic E-state index is -8.52. The third kappa shape index (κ3) is 2.94. The van der Waals surface area contributed by atoms with Crippen LogP contribution < -0.4 is 5.73 Å². The molecule has 18 heteroatoms. The van der Waals surface area contributed by atoms with Crippen molar-refractivity contribution in [2.75, 3.05) is 0 Å². The van der Waals surface area contributed by atoms with E-state index in [1.165, 1.54) is 0 Å². The van der Waals surface area contributed by atoms with E-state index in [0.717, 1.165) is 0 Å². The molecule has 0 aliphatic carbocycles. The zero-order chi connectivity index (χ0) is 22.7. The highest BCUT2D eigenvalue weighted by atomic mass is 19.4. The van der Waals surface area contributed by atoms with Gasteiger partial charge in [-0.1, -0.05) is 0 Å². The molecule has 0 saturated heterocycles. The van der Waals surface area contributed by atoms with Crippen molar-refractivity contribution in [2.24, 2.45) is 5.73 Å². The molecule has 0 aromatic carbocycles. The number of nitrogens with two attached hydrogens (primary N) is 1. The van der Waals surface area contributed by atoms with E-state index in [4.69, 9.17) is 0 Å². The lowest BCUT2D eigenvalue weighted by atomic mass is 9.89. The summed E-state index contributed by atoms with van der Waals surface area (Å²) in [6, 6.07) is 0. The van der Waals surface area contributed by atoms with Crippen molar-refractivity contribution in [1.29, 1.82) is 0 Å². The maximum atomic E-state index is 13.0. The van der Waals surface area contributed by atoms with E-state index in [9.17, 15) is 75.0 Å². The molecule has 162 valence electrons. The van der Waals surface area contributed by atoms with Gasteiger partial charge < -0.3 is 5.73 Å². The summed E-state index contributed by atoms with van der Waals surface area (Å²) < 4.78 is 203. The minimum absolute atomic E-state index is 3.50. The van der Waals surface area contributed by atoms with Gasteiger partial charge in [0.05, 0.1) is 0 Å². The van der Waals surface area contributed by atoms with Crippen LogP contribution in [-0.4, -0.2) is 53.8 Å². The number of amides is 1. The first-order valence-corrected chi connectivity index (χ1v) is 5.61. The van der Waals surface area contributed by atoms with Crippen molar-refractivity contribution in [3.05, 3.63) is 0 Å². The van der Waals surface area contributed by atoms with Crippen LogP contribution in [0, 0.1) is 0 Å².